The standard InChI is InChI=1S/C17H13N5O2/c1-8-2-3-12(23)15-13(8)9-6-11(10-4-5-19-7-20-10)21-16(17(18)24)14(9)22-15/h2-7,22-23H,1H3,(H2,18,24). The van der Waals surface area contributed by atoms with Gasteiger partial charge in [0.2, 0.25) is 0 Å². The molecule has 0 bridgehead atoms. The molecule has 7 heteroatoms. The number of aromatic amines is 1. The number of aryl methyl sites for hydroxylation is 1. The predicted octanol–water partition coefficient (Wildman–Crippen LogP) is 2.29. The smallest absolute Gasteiger partial charge is 0.269 e. The summed E-state index contributed by atoms with van der Waals surface area (Å²) in [7, 11) is 0. The Labute approximate surface area is 136 Å². The summed E-state index contributed by atoms with van der Waals surface area (Å²) in [4.78, 5) is 27.4. The Morgan fingerprint density at radius 1 is 1.21 bits per heavy atom. The monoisotopic (exact) mass is 319 g/mol. The van der Waals surface area contributed by atoms with E-state index in [-0.39, 0.29) is 11.4 Å². The SMILES string of the molecule is Cc1ccc(O)c2[nH]c3c(C(N)=O)nc(-c4ccncn4)cc3c12. The van der Waals surface area contributed by atoms with Crippen molar-refractivity contribution in [1.82, 2.24) is 19.9 Å². The molecule has 3 heterocycles. The summed E-state index contributed by atoms with van der Waals surface area (Å²) in [6.07, 6.45) is 3.02. The van der Waals surface area contributed by atoms with Gasteiger partial charge in [-0.3, -0.25) is 4.79 Å². The minimum Gasteiger partial charge on any atom is -0.506 e. The Balaban J connectivity index is 2.18. The number of nitrogens with one attached hydrogen (secondary N) is 1. The Morgan fingerprint density at radius 3 is 2.75 bits per heavy atom. The van der Waals surface area contributed by atoms with Crippen LogP contribution in [0.2, 0.25) is 0 Å². The first kappa shape index (κ1) is 14.1. The minimum atomic E-state index is -0.653. The Bertz CT molecular complexity index is 1100. The van der Waals surface area contributed by atoms with E-state index in [0.29, 0.717) is 22.4 Å². The van der Waals surface area contributed by atoms with E-state index in [0.717, 1.165) is 16.3 Å². The van der Waals surface area contributed by atoms with Gasteiger partial charge in [-0.15, -0.1) is 0 Å². The molecule has 3 aromatic heterocycles. The van der Waals surface area contributed by atoms with Crippen LogP contribution in [0.25, 0.3) is 33.2 Å². The number of phenolic OH excluding ortho intramolecular Hbond substituents is 1. The number of carbonyl (C=O) groups is 1. The van der Waals surface area contributed by atoms with Crippen LogP contribution in [0.5, 0.6) is 5.75 Å². The van der Waals surface area contributed by atoms with Gasteiger partial charge in [0.1, 0.15) is 12.1 Å². The summed E-state index contributed by atoms with van der Waals surface area (Å²) in [6, 6.07) is 6.96. The molecule has 0 radical (unpaired) electrons. The number of pyridine rings is 1. The molecular formula is C17H13N5O2. The molecule has 0 fully saturated rings. The third-order valence-electron chi connectivity index (χ3n) is 4.01. The summed E-state index contributed by atoms with van der Waals surface area (Å²) in [5, 5.41) is 11.7. The fourth-order valence-corrected chi connectivity index (χ4v) is 2.91. The minimum absolute atomic E-state index is 0.103. The van der Waals surface area contributed by atoms with Crippen LogP contribution >= 0.6 is 0 Å². The molecule has 0 atom stereocenters. The number of rotatable bonds is 2. The second kappa shape index (κ2) is 5.02. The number of primary amides is 1. The summed E-state index contributed by atoms with van der Waals surface area (Å²) in [5.74, 6) is -0.551. The van der Waals surface area contributed by atoms with E-state index in [1.807, 2.05) is 19.1 Å². The zero-order valence-corrected chi connectivity index (χ0v) is 12.7. The van der Waals surface area contributed by atoms with E-state index in [1.165, 1.54) is 6.33 Å². The number of nitrogens with two attached hydrogens (primary N) is 1. The molecular weight excluding hydrogens is 306 g/mol. The highest BCUT2D eigenvalue weighted by molar-refractivity contribution is 6.16. The Morgan fingerprint density at radius 2 is 2.04 bits per heavy atom. The lowest BCUT2D eigenvalue weighted by molar-refractivity contribution is 0.0997. The predicted molar refractivity (Wildman–Crippen MR) is 89.5 cm³/mol. The average molecular weight is 319 g/mol. The van der Waals surface area contributed by atoms with E-state index in [2.05, 4.69) is 19.9 Å². The highest BCUT2D eigenvalue weighted by atomic mass is 16.3. The summed E-state index contributed by atoms with van der Waals surface area (Å²) >= 11 is 0. The van der Waals surface area contributed by atoms with Gasteiger partial charge in [-0.1, -0.05) is 6.07 Å². The van der Waals surface area contributed by atoms with Crippen molar-refractivity contribution in [3.8, 4) is 17.1 Å². The molecule has 118 valence electrons. The highest BCUT2D eigenvalue weighted by Gasteiger charge is 2.19. The van der Waals surface area contributed by atoms with Gasteiger partial charge in [-0.05, 0) is 30.7 Å². The molecule has 4 aromatic rings. The van der Waals surface area contributed by atoms with E-state index in [9.17, 15) is 9.90 Å². The fourth-order valence-electron chi connectivity index (χ4n) is 2.91. The van der Waals surface area contributed by atoms with Gasteiger partial charge < -0.3 is 15.8 Å². The van der Waals surface area contributed by atoms with Crippen LogP contribution in [0, 0.1) is 6.92 Å². The number of fused-ring (bicyclic) bond motifs is 3. The van der Waals surface area contributed by atoms with Crippen molar-refractivity contribution in [3.63, 3.8) is 0 Å². The molecule has 0 aliphatic heterocycles. The van der Waals surface area contributed by atoms with Gasteiger partial charge >= 0.3 is 0 Å². The number of amides is 1. The van der Waals surface area contributed by atoms with Crippen molar-refractivity contribution < 1.29 is 9.90 Å². The Hall–Kier alpha value is -3.48. The molecule has 0 spiro atoms. The van der Waals surface area contributed by atoms with Crippen LogP contribution < -0.4 is 5.73 Å². The summed E-state index contributed by atoms with van der Waals surface area (Å²) < 4.78 is 0. The molecule has 1 amide bonds. The van der Waals surface area contributed by atoms with Gasteiger partial charge in [0.05, 0.1) is 22.4 Å². The first-order valence-electron chi connectivity index (χ1n) is 7.27. The van der Waals surface area contributed by atoms with E-state index in [4.69, 9.17) is 5.73 Å². The van der Waals surface area contributed by atoms with E-state index < -0.39 is 5.91 Å². The van der Waals surface area contributed by atoms with Crippen molar-refractivity contribution in [3.05, 3.63) is 48.0 Å². The maximum Gasteiger partial charge on any atom is 0.269 e. The molecule has 24 heavy (non-hydrogen) atoms. The van der Waals surface area contributed by atoms with Gasteiger partial charge in [-0.25, -0.2) is 15.0 Å². The summed E-state index contributed by atoms with van der Waals surface area (Å²) in [5.41, 5.74) is 8.73. The molecule has 0 saturated heterocycles. The zero-order valence-electron chi connectivity index (χ0n) is 12.7. The fraction of sp³-hybridized carbons (Fsp3) is 0.0588. The third kappa shape index (κ3) is 1.98. The van der Waals surface area contributed by atoms with Crippen LogP contribution in [0.15, 0.2) is 36.8 Å². The van der Waals surface area contributed by atoms with E-state index in [1.54, 1.807) is 18.3 Å². The molecule has 4 N–H and O–H groups in total. The topological polar surface area (TPSA) is 118 Å². The van der Waals surface area contributed by atoms with Crippen LogP contribution in [-0.2, 0) is 0 Å². The lowest BCUT2D eigenvalue weighted by atomic mass is 10.1. The van der Waals surface area contributed by atoms with Gasteiger partial charge in [-0.2, -0.15) is 0 Å². The number of H-pyrrole nitrogens is 1. The maximum absolute atomic E-state index is 11.9. The zero-order chi connectivity index (χ0) is 16.8. The van der Waals surface area contributed by atoms with Gasteiger partial charge in [0.25, 0.3) is 5.91 Å². The lowest BCUT2D eigenvalue weighted by Crippen LogP contribution is -2.14. The van der Waals surface area contributed by atoms with Gasteiger partial charge in [0.15, 0.2) is 5.69 Å². The molecule has 1 aromatic carbocycles. The largest absolute Gasteiger partial charge is 0.506 e. The Kier molecular flexibility index (Phi) is 2.96. The number of aromatic hydroxyl groups is 1. The first-order chi connectivity index (χ1) is 11.6. The molecule has 0 aliphatic rings. The van der Waals surface area contributed by atoms with Crippen LogP contribution in [0.3, 0.4) is 0 Å². The second-order valence-corrected chi connectivity index (χ2v) is 5.51. The second-order valence-electron chi connectivity index (χ2n) is 5.51. The number of carbonyl (C=O) groups excluding carboxylic acids is 1. The molecule has 4 rings (SSSR count). The molecule has 7 nitrogen and oxygen atoms in total. The third-order valence-corrected chi connectivity index (χ3v) is 4.01. The van der Waals surface area contributed by atoms with Crippen molar-refractivity contribution in [2.45, 2.75) is 6.92 Å². The van der Waals surface area contributed by atoms with Crippen molar-refractivity contribution in [1.29, 1.82) is 0 Å². The van der Waals surface area contributed by atoms with Crippen molar-refractivity contribution in [2.24, 2.45) is 5.73 Å². The lowest BCUT2D eigenvalue weighted by Gasteiger charge is -2.04. The van der Waals surface area contributed by atoms with E-state index >= 15 is 0 Å². The quantitative estimate of drug-likeness (QED) is 0.524. The number of aromatic nitrogens is 4. The number of nitrogens with zero attached hydrogens (tertiary/aromatic N) is 3. The van der Waals surface area contributed by atoms with Crippen LogP contribution in [-0.4, -0.2) is 30.9 Å². The van der Waals surface area contributed by atoms with Crippen LogP contribution in [0.1, 0.15) is 16.1 Å². The maximum atomic E-state index is 11.9. The van der Waals surface area contributed by atoms with Gasteiger partial charge in [0, 0.05) is 17.0 Å². The highest BCUT2D eigenvalue weighted by Crippen LogP contribution is 2.35. The van der Waals surface area contributed by atoms with Crippen molar-refractivity contribution in [2.75, 3.05) is 0 Å². The number of phenols is 1. The molecule has 0 aliphatic carbocycles. The molecule has 0 saturated carbocycles. The van der Waals surface area contributed by atoms with Crippen LogP contribution in [0.4, 0.5) is 0 Å². The normalized spacial score (nSPS) is 11.2. The number of hydrogen-bond donors (Lipinski definition) is 3. The number of hydrogen-bond acceptors (Lipinski definition) is 5. The molecule has 0 unspecified atom stereocenters. The number of benzene rings is 1. The first-order valence-corrected chi connectivity index (χ1v) is 7.27. The summed E-state index contributed by atoms with van der Waals surface area (Å²) in [6.45, 7) is 1.93. The average Bonchev–Trinajstić information content (AvgIpc) is 2.98. The van der Waals surface area contributed by atoms with Crippen molar-refractivity contribution >= 4 is 27.7 Å².